The average molecular weight is 164 g/mol. The molecule has 0 amide bonds. The van der Waals surface area contributed by atoms with Crippen LogP contribution in [0.1, 0.15) is 6.92 Å². The number of rotatable bonds is 3. The second-order valence-electron chi connectivity index (χ2n) is 1.44. The first kappa shape index (κ1) is 9.20. The van der Waals surface area contributed by atoms with E-state index in [1.54, 1.807) is 11.8 Å². The molecule has 0 aliphatic rings. The Morgan fingerprint density at radius 2 is 2.44 bits per heavy atom. The van der Waals surface area contributed by atoms with Gasteiger partial charge in [0, 0.05) is 13.1 Å². The van der Waals surface area contributed by atoms with Gasteiger partial charge in [-0.3, -0.25) is 0 Å². The molecule has 0 bridgehead atoms. The van der Waals surface area contributed by atoms with Crippen LogP contribution in [0.4, 0.5) is 0 Å². The Hall–Kier alpha value is 0.200. The van der Waals surface area contributed by atoms with Crippen molar-refractivity contribution in [3.63, 3.8) is 0 Å². The molecule has 0 aliphatic heterocycles. The largest absolute Gasteiger partial charge is 0.370 e. The summed E-state index contributed by atoms with van der Waals surface area (Å²) in [7, 11) is 0. The minimum absolute atomic E-state index is 0.643. The van der Waals surface area contributed by atoms with E-state index in [2.05, 4.69) is 12.2 Å². The molecule has 0 saturated carbocycles. The van der Waals surface area contributed by atoms with Crippen molar-refractivity contribution in [2.75, 3.05) is 18.8 Å². The Kier molecular flexibility index (Phi) is 6.46. The van der Waals surface area contributed by atoms with Gasteiger partial charge >= 0.3 is 0 Å². The highest BCUT2D eigenvalue weighted by Gasteiger charge is 1.90. The van der Waals surface area contributed by atoms with E-state index in [9.17, 15) is 0 Å². The van der Waals surface area contributed by atoms with Crippen molar-refractivity contribution >= 4 is 28.3 Å². The Morgan fingerprint density at radius 1 is 1.78 bits per heavy atom. The van der Waals surface area contributed by atoms with Crippen molar-refractivity contribution in [2.45, 2.75) is 6.92 Å². The molecule has 3 N–H and O–H groups in total. The standard InChI is InChI=1S/C5H12N2S2/c1-2-9-5(8)7-4-3-6/h2-4,6H2,1H3,(H,7,8). The summed E-state index contributed by atoms with van der Waals surface area (Å²) in [4.78, 5) is 0. The maximum absolute atomic E-state index is 5.24. The molecule has 0 aromatic carbocycles. The SMILES string of the molecule is CCSC(=S)NCCN. The molecule has 4 heteroatoms. The average Bonchev–Trinajstić information content (AvgIpc) is 1.85. The summed E-state index contributed by atoms with van der Waals surface area (Å²) in [5, 5.41) is 3.00. The summed E-state index contributed by atoms with van der Waals surface area (Å²) in [5.74, 6) is 1.02. The lowest BCUT2D eigenvalue weighted by atomic mass is 10.7. The van der Waals surface area contributed by atoms with Crippen LogP contribution in [0.2, 0.25) is 0 Å². The van der Waals surface area contributed by atoms with Gasteiger partial charge in [0.05, 0.1) is 0 Å². The van der Waals surface area contributed by atoms with Gasteiger partial charge < -0.3 is 11.1 Å². The summed E-state index contributed by atoms with van der Waals surface area (Å²) >= 11 is 6.55. The van der Waals surface area contributed by atoms with E-state index >= 15 is 0 Å². The van der Waals surface area contributed by atoms with Crippen LogP contribution < -0.4 is 11.1 Å². The third-order valence-electron chi connectivity index (χ3n) is 0.689. The number of hydrogen-bond acceptors (Lipinski definition) is 3. The van der Waals surface area contributed by atoms with E-state index in [0.717, 1.165) is 16.6 Å². The highest BCUT2D eigenvalue weighted by atomic mass is 32.2. The van der Waals surface area contributed by atoms with E-state index in [0.29, 0.717) is 6.54 Å². The molecule has 0 unspecified atom stereocenters. The van der Waals surface area contributed by atoms with Crippen molar-refractivity contribution in [2.24, 2.45) is 5.73 Å². The van der Waals surface area contributed by atoms with Gasteiger partial charge in [-0.15, -0.1) is 0 Å². The molecule has 9 heavy (non-hydrogen) atoms. The predicted octanol–water partition coefficient (Wildman–Crippen LogP) is 0.573. The lowest BCUT2D eigenvalue weighted by Gasteiger charge is -2.02. The fraction of sp³-hybridized carbons (Fsp3) is 0.800. The van der Waals surface area contributed by atoms with Crippen molar-refractivity contribution in [3.05, 3.63) is 0 Å². The number of thiocarbonyl (C=S) groups is 1. The van der Waals surface area contributed by atoms with Crippen LogP contribution in [0.15, 0.2) is 0 Å². The van der Waals surface area contributed by atoms with Gasteiger partial charge in [0.15, 0.2) is 0 Å². The van der Waals surface area contributed by atoms with Gasteiger partial charge in [-0.1, -0.05) is 30.9 Å². The van der Waals surface area contributed by atoms with E-state index in [4.69, 9.17) is 18.0 Å². The van der Waals surface area contributed by atoms with Gasteiger partial charge in [-0.2, -0.15) is 0 Å². The molecular weight excluding hydrogens is 152 g/mol. The Morgan fingerprint density at radius 3 is 2.89 bits per heavy atom. The number of thioether (sulfide) groups is 1. The van der Waals surface area contributed by atoms with Gasteiger partial charge in [0.25, 0.3) is 0 Å². The maximum Gasteiger partial charge on any atom is 0.133 e. The molecular formula is C5H12N2S2. The number of nitrogens with two attached hydrogens (primary N) is 1. The maximum atomic E-state index is 5.24. The summed E-state index contributed by atoms with van der Waals surface area (Å²) in [6.07, 6.45) is 0. The van der Waals surface area contributed by atoms with Crippen LogP contribution in [0.5, 0.6) is 0 Å². The third-order valence-corrected chi connectivity index (χ3v) is 1.88. The first-order chi connectivity index (χ1) is 4.31. The fourth-order valence-electron chi connectivity index (χ4n) is 0.356. The lowest BCUT2D eigenvalue weighted by molar-refractivity contribution is 0.892. The number of nitrogens with one attached hydrogen (secondary N) is 1. The van der Waals surface area contributed by atoms with Gasteiger partial charge in [-0.05, 0) is 5.75 Å². The molecule has 0 radical (unpaired) electrons. The van der Waals surface area contributed by atoms with Crippen LogP contribution in [-0.4, -0.2) is 23.2 Å². The Balaban J connectivity index is 3.06. The topological polar surface area (TPSA) is 38.0 Å². The summed E-state index contributed by atoms with van der Waals surface area (Å²) in [5.41, 5.74) is 5.24. The highest BCUT2D eigenvalue weighted by Crippen LogP contribution is 1.98. The highest BCUT2D eigenvalue weighted by molar-refractivity contribution is 8.22. The molecule has 0 aromatic heterocycles. The summed E-state index contributed by atoms with van der Waals surface area (Å²) in [6, 6.07) is 0. The molecule has 0 spiro atoms. The van der Waals surface area contributed by atoms with Crippen molar-refractivity contribution in [1.82, 2.24) is 5.32 Å². The molecule has 0 aromatic rings. The van der Waals surface area contributed by atoms with Crippen LogP contribution in [0.3, 0.4) is 0 Å². The number of hydrogen-bond donors (Lipinski definition) is 2. The zero-order chi connectivity index (χ0) is 7.11. The second kappa shape index (κ2) is 6.32. The van der Waals surface area contributed by atoms with Crippen molar-refractivity contribution in [1.29, 1.82) is 0 Å². The van der Waals surface area contributed by atoms with Gasteiger partial charge in [0.2, 0.25) is 0 Å². The molecule has 0 saturated heterocycles. The zero-order valence-electron chi connectivity index (χ0n) is 5.52. The molecule has 0 aliphatic carbocycles. The van der Waals surface area contributed by atoms with Crippen LogP contribution >= 0.6 is 24.0 Å². The monoisotopic (exact) mass is 164 g/mol. The van der Waals surface area contributed by atoms with Crippen LogP contribution in [0, 0.1) is 0 Å². The van der Waals surface area contributed by atoms with Gasteiger partial charge in [0.1, 0.15) is 4.32 Å². The smallest absolute Gasteiger partial charge is 0.133 e. The Bertz CT molecular complexity index is 85.0. The molecule has 0 fully saturated rings. The van der Waals surface area contributed by atoms with Gasteiger partial charge in [-0.25, -0.2) is 0 Å². The van der Waals surface area contributed by atoms with Crippen molar-refractivity contribution in [3.8, 4) is 0 Å². The lowest BCUT2D eigenvalue weighted by Crippen LogP contribution is -2.25. The van der Waals surface area contributed by atoms with E-state index in [-0.39, 0.29) is 0 Å². The third kappa shape index (κ3) is 6.08. The molecule has 0 rings (SSSR count). The van der Waals surface area contributed by atoms with E-state index in [1.165, 1.54) is 0 Å². The first-order valence-corrected chi connectivity index (χ1v) is 4.31. The normalized spacial score (nSPS) is 9.11. The molecule has 0 atom stereocenters. The minimum atomic E-state index is 0.643. The fourth-order valence-corrected chi connectivity index (χ4v) is 1.28. The predicted molar refractivity (Wildman–Crippen MR) is 47.8 cm³/mol. The molecule has 0 heterocycles. The summed E-state index contributed by atoms with van der Waals surface area (Å²) in [6.45, 7) is 3.50. The van der Waals surface area contributed by atoms with Crippen molar-refractivity contribution < 1.29 is 0 Å². The summed E-state index contributed by atoms with van der Waals surface area (Å²) < 4.78 is 0.850. The van der Waals surface area contributed by atoms with E-state index in [1.807, 2.05) is 0 Å². The Labute approximate surface area is 65.6 Å². The van der Waals surface area contributed by atoms with Crippen LogP contribution in [0.25, 0.3) is 0 Å². The quantitative estimate of drug-likeness (QED) is 0.598. The first-order valence-electron chi connectivity index (χ1n) is 2.92. The van der Waals surface area contributed by atoms with E-state index < -0.39 is 0 Å². The zero-order valence-corrected chi connectivity index (χ0v) is 7.15. The van der Waals surface area contributed by atoms with Crippen LogP contribution in [-0.2, 0) is 0 Å². The molecule has 54 valence electrons. The minimum Gasteiger partial charge on any atom is -0.370 e. The second-order valence-corrected chi connectivity index (χ2v) is 3.38. The molecule has 2 nitrogen and oxygen atoms in total.